The van der Waals surface area contributed by atoms with Crippen LogP contribution < -0.4 is 5.73 Å². The van der Waals surface area contributed by atoms with Gasteiger partial charge < -0.3 is 15.4 Å². The van der Waals surface area contributed by atoms with Crippen molar-refractivity contribution in [1.82, 2.24) is 4.57 Å². The molecule has 0 aliphatic heterocycles. The Hall–Kier alpha value is -2.37. The standard InChI is InChI=1S/C19H17ClN2O2S/c1-10-3-5-12(6-4-10)19(25)22-11(2)13(8-18(21)24)14-7-17(23)15(20)9-16(14)22/h3-7,9,23H,8H2,1-2H3,(H2,21,24). The molecule has 0 saturated heterocycles. The van der Waals surface area contributed by atoms with Gasteiger partial charge in [-0.1, -0.05) is 53.6 Å². The summed E-state index contributed by atoms with van der Waals surface area (Å²) in [5.41, 5.74) is 9.71. The lowest BCUT2D eigenvalue weighted by molar-refractivity contribution is -0.117. The second kappa shape index (κ2) is 6.50. The number of aryl methyl sites for hydroxylation is 1. The molecule has 6 heteroatoms. The minimum absolute atomic E-state index is 0.0432. The number of aromatic hydroxyl groups is 1. The molecule has 0 spiro atoms. The summed E-state index contributed by atoms with van der Waals surface area (Å²) in [5, 5.41) is 10.9. The number of nitrogens with zero attached hydrogens (tertiary/aromatic N) is 1. The molecule has 128 valence electrons. The van der Waals surface area contributed by atoms with E-state index >= 15 is 0 Å². The number of fused-ring (bicyclic) bond motifs is 1. The van der Waals surface area contributed by atoms with Crippen LogP contribution in [0.5, 0.6) is 5.75 Å². The van der Waals surface area contributed by atoms with E-state index in [4.69, 9.17) is 29.6 Å². The van der Waals surface area contributed by atoms with Crippen molar-refractivity contribution in [3.05, 3.63) is 63.8 Å². The number of halogens is 1. The van der Waals surface area contributed by atoms with Crippen molar-refractivity contribution in [2.24, 2.45) is 5.73 Å². The largest absolute Gasteiger partial charge is 0.506 e. The van der Waals surface area contributed by atoms with Gasteiger partial charge in [0.05, 0.1) is 17.0 Å². The molecule has 2 aromatic carbocycles. The number of amides is 1. The molecule has 0 atom stereocenters. The maximum Gasteiger partial charge on any atom is 0.221 e. The number of aromatic nitrogens is 1. The molecule has 1 heterocycles. The Morgan fingerprint density at radius 3 is 2.48 bits per heavy atom. The van der Waals surface area contributed by atoms with E-state index in [1.54, 1.807) is 12.1 Å². The number of phenolic OH excluding ortho intramolecular Hbond substituents is 1. The molecule has 1 amide bonds. The fourth-order valence-corrected chi connectivity index (χ4v) is 3.50. The number of carbonyl (C=O) groups excluding carboxylic acids is 1. The molecule has 0 bridgehead atoms. The van der Waals surface area contributed by atoms with Gasteiger partial charge in [-0.2, -0.15) is 0 Å². The lowest BCUT2D eigenvalue weighted by Gasteiger charge is -2.11. The lowest BCUT2D eigenvalue weighted by atomic mass is 10.1. The summed E-state index contributed by atoms with van der Waals surface area (Å²) in [4.78, 5) is 12.1. The third-order valence-electron chi connectivity index (χ3n) is 4.26. The maximum atomic E-state index is 11.5. The van der Waals surface area contributed by atoms with E-state index in [-0.39, 0.29) is 17.2 Å². The highest BCUT2D eigenvalue weighted by Crippen LogP contribution is 2.35. The van der Waals surface area contributed by atoms with Crippen molar-refractivity contribution < 1.29 is 9.90 Å². The van der Waals surface area contributed by atoms with E-state index in [1.165, 1.54) is 0 Å². The van der Waals surface area contributed by atoms with Crippen LogP contribution in [0.1, 0.15) is 22.4 Å². The summed E-state index contributed by atoms with van der Waals surface area (Å²) in [6.07, 6.45) is 0.0624. The number of primary amides is 1. The van der Waals surface area contributed by atoms with Gasteiger partial charge in [-0.25, -0.2) is 0 Å². The van der Waals surface area contributed by atoms with E-state index in [0.717, 1.165) is 27.9 Å². The van der Waals surface area contributed by atoms with Crippen LogP contribution in [0.2, 0.25) is 5.02 Å². The molecule has 3 aromatic rings. The first-order chi connectivity index (χ1) is 11.8. The molecule has 0 aliphatic rings. The monoisotopic (exact) mass is 372 g/mol. The molecule has 0 radical (unpaired) electrons. The average Bonchev–Trinajstić information content (AvgIpc) is 2.80. The Kier molecular flexibility index (Phi) is 4.54. The zero-order chi connectivity index (χ0) is 18.3. The Morgan fingerprint density at radius 1 is 1.24 bits per heavy atom. The van der Waals surface area contributed by atoms with Crippen molar-refractivity contribution in [1.29, 1.82) is 0 Å². The number of carbonyl (C=O) groups is 1. The first-order valence-corrected chi connectivity index (χ1v) is 8.50. The van der Waals surface area contributed by atoms with Crippen LogP contribution >= 0.6 is 23.8 Å². The summed E-state index contributed by atoms with van der Waals surface area (Å²) in [6.45, 7) is 3.89. The zero-order valence-electron chi connectivity index (χ0n) is 13.8. The van der Waals surface area contributed by atoms with E-state index in [0.29, 0.717) is 10.4 Å². The van der Waals surface area contributed by atoms with E-state index in [1.807, 2.05) is 42.7 Å². The Balaban J connectivity index is 2.28. The minimum Gasteiger partial charge on any atom is -0.506 e. The number of phenols is 1. The second-order valence-electron chi connectivity index (χ2n) is 6.03. The predicted molar refractivity (Wildman–Crippen MR) is 105 cm³/mol. The van der Waals surface area contributed by atoms with E-state index < -0.39 is 5.91 Å². The molecule has 3 N–H and O–H groups in total. The molecule has 0 aliphatic carbocycles. The van der Waals surface area contributed by atoms with Crippen LogP contribution in [0.3, 0.4) is 0 Å². The highest BCUT2D eigenvalue weighted by Gasteiger charge is 2.20. The van der Waals surface area contributed by atoms with Crippen molar-refractivity contribution >= 4 is 45.6 Å². The third kappa shape index (κ3) is 3.13. The van der Waals surface area contributed by atoms with Gasteiger partial charge in [-0.3, -0.25) is 4.79 Å². The fourth-order valence-electron chi connectivity index (χ4n) is 2.97. The normalized spacial score (nSPS) is 11.0. The maximum absolute atomic E-state index is 11.5. The summed E-state index contributed by atoms with van der Waals surface area (Å²) >= 11 is 11.8. The van der Waals surface area contributed by atoms with Crippen molar-refractivity contribution in [3.8, 4) is 5.75 Å². The fraction of sp³-hybridized carbons (Fsp3) is 0.158. The molecule has 1 aromatic heterocycles. The quantitative estimate of drug-likeness (QED) is 0.686. The number of nitrogens with two attached hydrogens (primary N) is 1. The molecular formula is C19H17ClN2O2S. The Labute approximate surface area is 155 Å². The number of hydrogen-bond donors (Lipinski definition) is 2. The van der Waals surface area contributed by atoms with E-state index in [9.17, 15) is 9.90 Å². The van der Waals surface area contributed by atoms with Crippen LogP contribution in [0.15, 0.2) is 36.4 Å². The van der Waals surface area contributed by atoms with Gasteiger partial charge in [-0.05, 0) is 31.5 Å². The van der Waals surface area contributed by atoms with Gasteiger partial charge in [0.15, 0.2) is 0 Å². The summed E-state index contributed by atoms with van der Waals surface area (Å²) in [7, 11) is 0. The molecular weight excluding hydrogens is 356 g/mol. The Morgan fingerprint density at radius 2 is 1.88 bits per heavy atom. The van der Waals surface area contributed by atoms with Gasteiger partial charge in [0, 0.05) is 16.6 Å². The first-order valence-electron chi connectivity index (χ1n) is 7.71. The molecule has 25 heavy (non-hydrogen) atoms. The zero-order valence-corrected chi connectivity index (χ0v) is 15.4. The van der Waals surface area contributed by atoms with Crippen LogP contribution in [0.4, 0.5) is 0 Å². The predicted octanol–water partition coefficient (Wildman–Crippen LogP) is 3.87. The second-order valence-corrected chi connectivity index (χ2v) is 6.83. The van der Waals surface area contributed by atoms with Crippen molar-refractivity contribution in [2.45, 2.75) is 20.3 Å². The topological polar surface area (TPSA) is 68.2 Å². The number of thiocarbonyl (C=S) groups is 1. The number of rotatable bonds is 3. The molecule has 4 nitrogen and oxygen atoms in total. The van der Waals surface area contributed by atoms with Gasteiger partial charge in [0.25, 0.3) is 0 Å². The first kappa shape index (κ1) is 17.5. The minimum atomic E-state index is -0.446. The molecule has 0 fully saturated rings. The lowest BCUT2D eigenvalue weighted by Crippen LogP contribution is -2.16. The van der Waals surface area contributed by atoms with Crippen LogP contribution in [-0.4, -0.2) is 20.6 Å². The molecule has 0 unspecified atom stereocenters. The summed E-state index contributed by atoms with van der Waals surface area (Å²) < 4.78 is 1.87. The van der Waals surface area contributed by atoms with Gasteiger partial charge in [0.1, 0.15) is 10.7 Å². The molecule has 0 saturated carbocycles. The summed E-state index contributed by atoms with van der Waals surface area (Å²) in [5.74, 6) is -0.490. The summed E-state index contributed by atoms with van der Waals surface area (Å²) in [6, 6.07) is 11.1. The van der Waals surface area contributed by atoms with Gasteiger partial charge in [0.2, 0.25) is 5.91 Å². The highest BCUT2D eigenvalue weighted by molar-refractivity contribution is 7.80. The average molecular weight is 373 g/mol. The van der Waals surface area contributed by atoms with Gasteiger partial charge >= 0.3 is 0 Å². The van der Waals surface area contributed by atoms with Crippen LogP contribution in [0, 0.1) is 13.8 Å². The number of hydrogen-bond acceptors (Lipinski definition) is 3. The van der Waals surface area contributed by atoms with Crippen LogP contribution in [0.25, 0.3) is 10.9 Å². The third-order valence-corrected chi connectivity index (χ3v) is 4.98. The van der Waals surface area contributed by atoms with Crippen LogP contribution in [-0.2, 0) is 11.2 Å². The smallest absolute Gasteiger partial charge is 0.221 e. The highest BCUT2D eigenvalue weighted by atomic mass is 35.5. The Bertz CT molecular complexity index is 1010. The molecule has 3 rings (SSSR count). The van der Waals surface area contributed by atoms with Gasteiger partial charge in [-0.15, -0.1) is 0 Å². The van der Waals surface area contributed by atoms with Crippen molar-refractivity contribution in [2.75, 3.05) is 0 Å². The SMILES string of the molecule is Cc1ccc(C(=S)n2c(C)c(CC(N)=O)c3cc(O)c(Cl)cc32)cc1. The van der Waals surface area contributed by atoms with E-state index in [2.05, 4.69) is 0 Å². The van der Waals surface area contributed by atoms with Crippen molar-refractivity contribution in [3.63, 3.8) is 0 Å². The number of benzene rings is 2.